The third-order valence-corrected chi connectivity index (χ3v) is 5.30. The molecule has 1 heterocycles. The number of carbonyl (C=O) groups is 2. The highest BCUT2D eigenvalue weighted by Crippen LogP contribution is 2.23. The second kappa shape index (κ2) is 8.89. The Hall–Kier alpha value is -2.86. The molecule has 0 aliphatic rings. The van der Waals surface area contributed by atoms with Crippen LogP contribution in [0.25, 0.3) is 5.69 Å². The van der Waals surface area contributed by atoms with Crippen molar-refractivity contribution in [2.45, 2.75) is 31.8 Å². The van der Waals surface area contributed by atoms with Crippen molar-refractivity contribution in [2.75, 3.05) is 11.1 Å². The van der Waals surface area contributed by atoms with Crippen molar-refractivity contribution >= 4 is 29.1 Å². The number of carbonyl (C=O) groups excluding carboxylic acids is 2. The van der Waals surface area contributed by atoms with Gasteiger partial charge in [-0.3, -0.25) is 14.2 Å². The maximum atomic E-state index is 12.3. The van der Waals surface area contributed by atoms with Crippen molar-refractivity contribution in [2.24, 2.45) is 0 Å². The first-order valence-electron chi connectivity index (χ1n) is 9.11. The summed E-state index contributed by atoms with van der Waals surface area (Å²) in [7, 11) is 0. The van der Waals surface area contributed by atoms with Gasteiger partial charge in [-0.05, 0) is 42.7 Å². The van der Waals surface area contributed by atoms with Crippen molar-refractivity contribution < 1.29 is 9.59 Å². The molecule has 3 rings (SSSR count). The fraction of sp³-hybridized carbons (Fsp3) is 0.227. The molecular formula is C22H23N3O2S. The van der Waals surface area contributed by atoms with Crippen LogP contribution in [0, 0.1) is 0 Å². The summed E-state index contributed by atoms with van der Waals surface area (Å²) in [6.45, 7) is 5.83. The number of hydrogen-bond donors (Lipinski definition) is 1. The number of Topliss-reactive ketones (excluding diaryl/α,β-unsaturated/α-hetero) is 1. The second-order valence-corrected chi connectivity index (χ2v) is 7.74. The number of hydrogen-bond acceptors (Lipinski definition) is 4. The van der Waals surface area contributed by atoms with Gasteiger partial charge in [-0.1, -0.05) is 49.9 Å². The Morgan fingerprint density at radius 3 is 2.57 bits per heavy atom. The number of benzene rings is 2. The van der Waals surface area contributed by atoms with Gasteiger partial charge < -0.3 is 5.32 Å². The summed E-state index contributed by atoms with van der Waals surface area (Å²) in [6.07, 6.45) is 3.62. The molecule has 5 nitrogen and oxygen atoms in total. The van der Waals surface area contributed by atoms with Crippen LogP contribution in [0.3, 0.4) is 0 Å². The number of nitrogens with one attached hydrogen (secondary N) is 1. The molecule has 2 aromatic carbocycles. The van der Waals surface area contributed by atoms with Crippen molar-refractivity contribution in [1.82, 2.24) is 9.55 Å². The zero-order valence-corrected chi connectivity index (χ0v) is 17.0. The summed E-state index contributed by atoms with van der Waals surface area (Å²) in [5.74, 6) is 0.535. The van der Waals surface area contributed by atoms with Gasteiger partial charge in [-0.2, -0.15) is 0 Å². The molecule has 0 aliphatic heterocycles. The summed E-state index contributed by atoms with van der Waals surface area (Å²) in [6, 6.07) is 15.3. The van der Waals surface area contributed by atoms with Crippen LogP contribution in [-0.2, 0) is 4.79 Å². The van der Waals surface area contributed by atoms with E-state index in [-0.39, 0.29) is 17.4 Å². The highest BCUT2D eigenvalue weighted by Gasteiger charge is 2.10. The maximum Gasteiger partial charge on any atom is 0.234 e. The number of imidazole rings is 1. The van der Waals surface area contributed by atoms with Gasteiger partial charge in [0.05, 0.1) is 5.75 Å². The standard InChI is InChI=1S/C22H23N3O2S/c1-15(2)17-7-9-20(10-8-17)25-12-11-23-22(25)28-14-21(27)24-19-6-4-5-18(13-19)16(3)26/h4-13,15H,14H2,1-3H3,(H,24,27). The molecule has 3 aromatic rings. The van der Waals surface area contributed by atoms with Gasteiger partial charge in [0.1, 0.15) is 0 Å². The Labute approximate surface area is 169 Å². The number of rotatable bonds is 7. The van der Waals surface area contributed by atoms with E-state index >= 15 is 0 Å². The van der Waals surface area contributed by atoms with E-state index in [1.807, 2.05) is 10.8 Å². The molecule has 28 heavy (non-hydrogen) atoms. The molecule has 1 N–H and O–H groups in total. The molecule has 1 amide bonds. The van der Waals surface area contributed by atoms with Crippen molar-refractivity contribution in [3.05, 3.63) is 72.1 Å². The van der Waals surface area contributed by atoms with Crippen molar-refractivity contribution in [1.29, 1.82) is 0 Å². The lowest BCUT2D eigenvalue weighted by Gasteiger charge is -2.10. The van der Waals surface area contributed by atoms with Gasteiger partial charge in [0.25, 0.3) is 0 Å². The van der Waals surface area contributed by atoms with E-state index in [1.54, 1.807) is 30.5 Å². The fourth-order valence-corrected chi connectivity index (χ4v) is 3.53. The van der Waals surface area contributed by atoms with Crippen molar-refractivity contribution in [3.63, 3.8) is 0 Å². The molecule has 0 atom stereocenters. The average Bonchev–Trinajstić information content (AvgIpc) is 3.15. The van der Waals surface area contributed by atoms with Gasteiger partial charge in [-0.25, -0.2) is 4.98 Å². The van der Waals surface area contributed by atoms with Crippen LogP contribution in [0.5, 0.6) is 0 Å². The molecule has 0 spiro atoms. The largest absolute Gasteiger partial charge is 0.325 e. The summed E-state index contributed by atoms with van der Waals surface area (Å²) < 4.78 is 1.97. The second-order valence-electron chi connectivity index (χ2n) is 6.80. The van der Waals surface area contributed by atoms with Crippen LogP contribution in [0.15, 0.2) is 66.1 Å². The molecule has 0 radical (unpaired) electrons. The fourth-order valence-electron chi connectivity index (χ4n) is 2.76. The Kier molecular flexibility index (Phi) is 6.31. The minimum atomic E-state index is -0.143. The molecule has 0 saturated heterocycles. The highest BCUT2D eigenvalue weighted by molar-refractivity contribution is 7.99. The first-order chi connectivity index (χ1) is 13.4. The molecule has 0 saturated carbocycles. The topological polar surface area (TPSA) is 64.0 Å². The van der Waals surface area contributed by atoms with Crippen LogP contribution in [0.1, 0.15) is 42.6 Å². The lowest BCUT2D eigenvalue weighted by atomic mass is 10.0. The molecule has 0 fully saturated rings. The predicted molar refractivity (Wildman–Crippen MR) is 113 cm³/mol. The number of aromatic nitrogens is 2. The summed E-state index contributed by atoms with van der Waals surface area (Å²) in [5, 5.41) is 3.58. The van der Waals surface area contributed by atoms with Gasteiger partial charge in [-0.15, -0.1) is 0 Å². The van der Waals surface area contributed by atoms with E-state index in [2.05, 4.69) is 48.4 Å². The zero-order chi connectivity index (χ0) is 20.1. The molecule has 1 aromatic heterocycles. The normalized spacial score (nSPS) is 10.9. The Morgan fingerprint density at radius 1 is 1.14 bits per heavy atom. The Bertz CT molecular complexity index is 977. The number of nitrogens with zero attached hydrogens (tertiary/aromatic N) is 2. The third-order valence-electron chi connectivity index (χ3n) is 4.33. The SMILES string of the molecule is CC(=O)c1cccc(NC(=O)CSc2nccn2-c2ccc(C(C)C)cc2)c1. The molecule has 0 unspecified atom stereocenters. The summed E-state index contributed by atoms with van der Waals surface area (Å²) >= 11 is 1.37. The molecule has 6 heteroatoms. The Morgan fingerprint density at radius 2 is 1.89 bits per heavy atom. The first kappa shape index (κ1) is 19.9. The predicted octanol–water partition coefficient (Wildman–Crippen LogP) is 4.93. The van der Waals surface area contributed by atoms with Crippen LogP contribution in [0.4, 0.5) is 5.69 Å². The van der Waals surface area contributed by atoms with Gasteiger partial charge >= 0.3 is 0 Å². The van der Waals surface area contributed by atoms with E-state index in [9.17, 15) is 9.59 Å². The molecule has 144 valence electrons. The quantitative estimate of drug-likeness (QED) is 0.457. The number of ketones is 1. The molecular weight excluding hydrogens is 370 g/mol. The Balaban J connectivity index is 1.64. The van der Waals surface area contributed by atoms with E-state index in [1.165, 1.54) is 24.2 Å². The lowest BCUT2D eigenvalue weighted by molar-refractivity contribution is -0.113. The van der Waals surface area contributed by atoms with Crippen LogP contribution in [-0.4, -0.2) is 27.0 Å². The van der Waals surface area contributed by atoms with Gasteiger partial charge in [0.2, 0.25) is 5.91 Å². The van der Waals surface area contributed by atoms with Gasteiger partial charge in [0, 0.05) is 29.3 Å². The monoisotopic (exact) mass is 393 g/mol. The van der Waals surface area contributed by atoms with E-state index < -0.39 is 0 Å². The molecule has 0 bridgehead atoms. The smallest absolute Gasteiger partial charge is 0.234 e. The number of anilines is 1. The van der Waals surface area contributed by atoms with Crippen LogP contribution >= 0.6 is 11.8 Å². The number of amides is 1. The highest BCUT2D eigenvalue weighted by atomic mass is 32.2. The zero-order valence-electron chi connectivity index (χ0n) is 16.2. The molecule has 0 aliphatic carbocycles. The third kappa shape index (κ3) is 4.89. The van der Waals surface area contributed by atoms with Crippen LogP contribution in [0.2, 0.25) is 0 Å². The lowest BCUT2D eigenvalue weighted by Crippen LogP contribution is -2.14. The summed E-state index contributed by atoms with van der Waals surface area (Å²) in [5.41, 5.74) is 3.49. The minimum Gasteiger partial charge on any atom is -0.325 e. The average molecular weight is 394 g/mol. The maximum absolute atomic E-state index is 12.3. The van der Waals surface area contributed by atoms with E-state index in [0.29, 0.717) is 17.2 Å². The van der Waals surface area contributed by atoms with E-state index in [4.69, 9.17) is 0 Å². The van der Waals surface area contributed by atoms with Crippen molar-refractivity contribution in [3.8, 4) is 5.69 Å². The minimum absolute atomic E-state index is 0.0315. The van der Waals surface area contributed by atoms with Gasteiger partial charge in [0.15, 0.2) is 10.9 Å². The summed E-state index contributed by atoms with van der Waals surface area (Å²) in [4.78, 5) is 28.1. The van der Waals surface area contributed by atoms with Crippen LogP contribution < -0.4 is 5.32 Å². The van der Waals surface area contributed by atoms with E-state index in [0.717, 1.165) is 10.8 Å². The number of thioether (sulfide) groups is 1. The first-order valence-corrected chi connectivity index (χ1v) is 10.1.